The molecule has 11 heavy (non-hydrogen) atoms. The Morgan fingerprint density at radius 1 is 1.55 bits per heavy atom. The van der Waals surface area contributed by atoms with Crippen LogP contribution in [-0.2, 0) is 0 Å². The summed E-state index contributed by atoms with van der Waals surface area (Å²) in [5, 5.41) is 0. The van der Waals surface area contributed by atoms with Crippen LogP contribution in [0, 0.1) is 6.92 Å². The van der Waals surface area contributed by atoms with Crippen molar-refractivity contribution in [2.24, 2.45) is 0 Å². The number of rotatable bonds is 2. The molecule has 0 fully saturated rings. The van der Waals surface area contributed by atoms with E-state index in [1.54, 1.807) is 12.1 Å². The van der Waals surface area contributed by atoms with E-state index in [1.807, 2.05) is 13.0 Å². The lowest BCUT2D eigenvalue weighted by molar-refractivity contribution is 0.0808. The molecule has 1 rings (SSSR count). The highest BCUT2D eigenvalue weighted by Gasteiger charge is 1.99. The molecule has 1 heterocycles. The lowest BCUT2D eigenvalue weighted by Gasteiger charge is -2.04. The second-order valence-electron chi connectivity index (χ2n) is 2.28. The van der Waals surface area contributed by atoms with E-state index in [0.29, 0.717) is 5.88 Å². The Labute approximate surface area is 65.0 Å². The van der Waals surface area contributed by atoms with Crippen LogP contribution < -0.4 is 4.74 Å². The highest BCUT2D eigenvalue weighted by atomic mass is 19.1. The number of aromatic nitrogens is 1. The van der Waals surface area contributed by atoms with Crippen LogP contribution in [0.25, 0.3) is 0 Å². The lowest BCUT2D eigenvalue weighted by Crippen LogP contribution is -2.05. The van der Waals surface area contributed by atoms with Gasteiger partial charge in [-0.3, -0.25) is 0 Å². The van der Waals surface area contributed by atoms with Gasteiger partial charge in [0.2, 0.25) is 12.2 Å². The van der Waals surface area contributed by atoms with Gasteiger partial charge in [0.1, 0.15) is 0 Å². The highest BCUT2D eigenvalue weighted by molar-refractivity contribution is 5.14. The summed E-state index contributed by atoms with van der Waals surface area (Å²) in [7, 11) is 0. The van der Waals surface area contributed by atoms with Crippen LogP contribution in [0.3, 0.4) is 0 Å². The van der Waals surface area contributed by atoms with Gasteiger partial charge >= 0.3 is 0 Å². The predicted octanol–water partition coefficient (Wildman–Crippen LogP) is 2.08. The fourth-order valence-electron chi connectivity index (χ4n) is 0.750. The first-order valence-electron chi connectivity index (χ1n) is 3.43. The molecule has 0 amide bonds. The van der Waals surface area contributed by atoms with Gasteiger partial charge in [-0.2, -0.15) is 0 Å². The maximum absolute atomic E-state index is 12.3. The average molecular weight is 155 g/mol. The maximum atomic E-state index is 12.3. The number of hydrogen-bond donors (Lipinski definition) is 0. The first-order chi connectivity index (χ1) is 5.18. The number of hydrogen-bond acceptors (Lipinski definition) is 2. The summed E-state index contributed by atoms with van der Waals surface area (Å²) in [4.78, 5) is 3.95. The molecule has 1 aromatic rings. The van der Waals surface area contributed by atoms with Gasteiger partial charge in [0.05, 0.1) is 0 Å². The van der Waals surface area contributed by atoms with Gasteiger partial charge in [0.25, 0.3) is 0 Å². The minimum Gasteiger partial charge on any atom is -0.444 e. The molecule has 0 aliphatic carbocycles. The van der Waals surface area contributed by atoms with E-state index in [0.717, 1.165) is 5.69 Å². The van der Waals surface area contributed by atoms with Gasteiger partial charge in [-0.1, -0.05) is 6.07 Å². The Balaban J connectivity index is 2.71. The molecule has 1 unspecified atom stereocenters. The van der Waals surface area contributed by atoms with Crippen LogP contribution in [0.4, 0.5) is 4.39 Å². The van der Waals surface area contributed by atoms with Crippen LogP contribution in [0.5, 0.6) is 5.88 Å². The minimum absolute atomic E-state index is 0.333. The molecule has 0 saturated carbocycles. The van der Waals surface area contributed by atoms with Gasteiger partial charge in [-0.15, -0.1) is 0 Å². The van der Waals surface area contributed by atoms with Crippen molar-refractivity contribution in [3.63, 3.8) is 0 Å². The number of alkyl halides is 1. The lowest BCUT2D eigenvalue weighted by atomic mass is 10.4. The second kappa shape index (κ2) is 3.32. The number of nitrogens with zero attached hydrogens (tertiary/aromatic N) is 1. The van der Waals surface area contributed by atoms with Crippen molar-refractivity contribution < 1.29 is 9.13 Å². The third kappa shape index (κ3) is 2.53. The van der Waals surface area contributed by atoms with Crippen molar-refractivity contribution in [3.05, 3.63) is 23.9 Å². The first-order valence-corrected chi connectivity index (χ1v) is 3.43. The first kappa shape index (κ1) is 7.98. The van der Waals surface area contributed by atoms with Crippen molar-refractivity contribution in [2.75, 3.05) is 0 Å². The number of halogens is 1. The van der Waals surface area contributed by atoms with Gasteiger partial charge in [-0.25, -0.2) is 9.37 Å². The largest absolute Gasteiger partial charge is 0.444 e. The van der Waals surface area contributed by atoms with Gasteiger partial charge in [0.15, 0.2) is 0 Å². The van der Waals surface area contributed by atoms with Crippen LogP contribution >= 0.6 is 0 Å². The minimum atomic E-state index is -1.30. The van der Waals surface area contributed by atoms with Crippen LogP contribution in [0.1, 0.15) is 12.6 Å². The fourth-order valence-corrected chi connectivity index (χ4v) is 0.750. The van der Waals surface area contributed by atoms with Crippen molar-refractivity contribution in [3.8, 4) is 5.88 Å². The molecule has 0 saturated heterocycles. The Hall–Kier alpha value is -1.12. The summed E-state index contributed by atoms with van der Waals surface area (Å²) in [5.74, 6) is 0.333. The Bertz CT molecular complexity index is 237. The molecular formula is C8H10FNO. The zero-order valence-corrected chi connectivity index (χ0v) is 6.54. The predicted molar refractivity (Wildman–Crippen MR) is 40.2 cm³/mol. The normalized spacial score (nSPS) is 12.6. The Kier molecular flexibility index (Phi) is 2.41. The number of ether oxygens (including phenoxy) is 1. The molecule has 0 N–H and O–H groups in total. The topological polar surface area (TPSA) is 22.1 Å². The summed E-state index contributed by atoms with van der Waals surface area (Å²) in [6.07, 6.45) is -1.30. The summed E-state index contributed by atoms with van der Waals surface area (Å²) in [5.41, 5.74) is 0.822. The van der Waals surface area contributed by atoms with Crippen molar-refractivity contribution >= 4 is 0 Å². The van der Waals surface area contributed by atoms with Crippen LogP contribution in [0.2, 0.25) is 0 Å². The zero-order chi connectivity index (χ0) is 8.27. The van der Waals surface area contributed by atoms with E-state index in [4.69, 9.17) is 4.74 Å². The molecule has 3 heteroatoms. The van der Waals surface area contributed by atoms with E-state index >= 15 is 0 Å². The van der Waals surface area contributed by atoms with Crippen LogP contribution in [0.15, 0.2) is 18.2 Å². The monoisotopic (exact) mass is 155 g/mol. The third-order valence-electron chi connectivity index (χ3n) is 1.15. The highest BCUT2D eigenvalue weighted by Crippen LogP contribution is 2.08. The van der Waals surface area contributed by atoms with Gasteiger partial charge < -0.3 is 4.74 Å². The van der Waals surface area contributed by atoms with Crippen LogP contribution in [-0.4, -0.2) is 11.3 Å². The molecule has 0 aliphatic rings. The van der Waals surface area contributed by atoms with Crippen molar-refractivity contribution in [2.45, 2.75) is 20.2 Å². The quantitative estimate of drug-likeness (QED) is 0.652. The molecule has 2 nitrogen and oxygen atoms in total. The molecule has 0 bridgehead atoms. The van der Waals surface area contributed by atoms with E-state index < -0.39 is 6.36 Å². The summed E-state index contributed by atoms with van der Waals surface area (Å²) >= 11 is 0. The maximum Gasteiger partial charge on any atom is 0.237 e. The van der Waals surface area contributed by atoms with E-state index in [-0.39, 0.29) is 0 Å². The molecule has 0 radical (unpaired) electrons. The standard InChI is InChI=1S/C8H10FNO/c1-6-4-3-5-8(10-6)11-7(2)9/h3-5,7H,1-2H3. The Morgan fingerprint density at radius 2 is 2.27 bits per heavy atom. The van der Waals surface area contributed by atoms with Gasteiger partial charge in [0, 0.05) is 18.7 Å². The van der Waals surface area contributed by atoms with E-state index in [9.17, 15) is 4.39 Å². The molecular weight excluding hydrogens is 145 g/mol. The van der Waals surface area contributed by atoms with Gasteiger partial charge in [-0.05, 0) is 13.0 Å². The zero-order valence-electron chi connectivity index (χ0n) is 6.54. The number of aryl methyl sites for hydroxylation is 1. The number of pyridine rings is 1. The Morgan fingerprint density at radius 3 is 2.82 bits per heavy atom. The molecule has 1 aromatic heterocycles. The molecule has 0 aliphatic heterocycles. The fraction of sp³-hybridized carbons (Fsp3) is 0.375. The van der Waals surface area contributed by atoms with E-state index in [1.165, 1.54) is 6.92 Å². The van der Waals surface area contributed by atoms with Crippen molar-refractivity contribution in [1.29, 1.82) is 0 Å². The second-order valence-corrected chi connectivity index (χ2v) is 2.28. The smallest absolute Gasteiger partial charge is 0.237 e. The summed E-state index contributed by atoms with van der Waals surface area (Å²) in [6.45, 7) is 3.15. The van der Waals surface area contributed by atoms with E-state index in [2.05, 4.69) is 4.98 Å². The SMILES string of the molecule is Cc1cccc(OC(C)F)n1. The molecule has 0 aromatic carbocycles. The molecule has 1 atom stereocenters. The summed E-state index contributed by atoms with van der Waals surface area (Å²) in [6, 6.07) is 5.24. The summed E-state index contributed by atoms with van der Waals surface area (Å²) < 4.78 is 17.0. The van der Waals surface area contributed by atoms with Crippen molar-refractivity contribution in [1.82, 2.24) is 4.98 Å². The molecule has 0 spiro atoms. The third-order valence-corrected chi connectivity index (χ3v) is 1.15. The average Bonchev–Trinajstić information content (AvgIpc) is 1.85. The molecule has 60 valence electrons.